The summed E-state index contributed by atoms with van der Waals surface area (Å²) in [7, 11) is 0. The Labute approximate surface area is 144 Å². The van der Waals surface area contributed by atoms with Crippen LogP contribution in [-0.4, -0.2) is 37.6 Å². The van der Waals surface area contributed by atoms with Crippen LogP contribution in [0.5, 0.6) is 5.75 Å². The summed E-state index contributed by atoms with van der Waals surface area (Å²) in [5.41, 5.74) is 2.74. The van der Waals surface area contributed by atoms with Crippen molar-refractivity contribution in [1.29, 1.82) is 0 Å². The lowest BCUT2D eigenvalue weighted by Gasteiger charge is -2.28. The number of benzene rings is 2. The monoisotopic (exact) mass is 350 g/mol. The van der Waals surface area contributed by atoms with E-state index in [4.69, 9.17) is 27.9 Å². The van der Waals surface area contributed by atoms with E-state index in [0.29, 0.717) is 0 Å². The second-order valence-corrected chi connectivity index (χ2v) is 6.02. The van der Waals surface area contributed by atoms with Gasteiger partial charge in [0.2, 0.25) is 0 Å². The smallest absolute Gasteiger partial charge is 0.152 e. The zero-order chi connectivity index (χ0) is 16.2. The molecule has 6 heteroatoms. The molecule has 23 heavy (non-hydrogen) atoms. The van der Waals surface area contributed by atoms with Gasteiger partial charge in [-0.3, -0.25) is 4.99 Å². The standard InChI is InChI=1S/C17H16Cl2N2O2/c18-15-9-12(10-16(19)17(15)22)11-20-13-1-3-14(4-2-13)21-5-7-23-8-6-21/h1-4,9-11,22H,5-8H2. The molecule has 1 saturated heterocycles. The zero-order valence-electron chi connectivity index (χ0n) is 12.4. The molecule has 1 fully saturated rings. The van der Waals surface area contributed by atoms with Crippen molar-refractivity contribution < 1.29 is 9.84 Å². The number of hydrogen-bond acceptors (Lipinski definition) is 4. The number of anilines is 1. The third-order valence-corrected chi connectivity index (χ3v) is 4.20. The first-order valence-corrected chi connectivity index (χ1v) is 8.04. The lowest BCUT2D eigenvalue weighted by atomic mass is 10.2. The predicted molar refractivity (Wildman–Crippen MR) is 94.9 cm³/mol. The topological polar surface area (TPSA) is 45.1 Å². The molecule has 1 heterocycles. The molecule has 0 unspecified atom stereocenters. The molecule has 0 saturated carbocycles. The molecule has 1 aliphatic rings. The fourth-order valence-electron chi connectivity index (χ4n) is 2.38. The zero-order valence-corrected chi connectivity index (χ0v) is 13.9. The molecular formula is C17H16Cl2N2O2. The number of hydrogen-bond donors (Lipinski definition) is 1. The van der Waals surface area contributed by atoms with Gasteiger partial charge in [0.05, 0.1) is 28.9 Å². The van der Waals surface area contributed by atoms with Crippen molar-refractivity contribution >= 4 is 40.8 Å². The molecule has 0 aliphatic carbocycles. The SMILES string of the molecule is Oc1c(Cl)cc(C=Nc2ccc(N3CCOCC3)cc2)cc1Cl. The summed E-state index contributed by atoms with van der Waals surface area (Å²) >= 11 is 11.8. The van der Waals surface area contributed by atoms with Crippen LogP contribution in [-0.2, 0) is 4.74 Å². The number of phenolic OH excluding ortho intramolecular Hbond substituents is 1. The summed E-state index contributed by atoms with van der Waals surface area (Å²) in [5.74, 6) is -0.111. The summed E-state index contributed by atoms with van der Waals surface area (Å²) in [4.78, 5) is 6.70. The second kappa shape index (κ2) is 7.21. The highest BCUT2D eigenvalue weighted by atomic mass is 35.5. The first kappa shape index (κ1) is 16.1. The molecule has 120 valence electrons. The number of aliphatic imine (C=N–C) groups is 1. The van der Waals surface area contributed by atoms with E-state index in [-0.39, 0.29) is 15.8 Å². The Morgan fingerprint density at radius 1 is 1.04 bits per heavy atom. The Bertz CT molecular complexity index is 688. The summed E-state index contributed by atoms with van der Waals surface area (Å²) in [6, 6.07) is 11.3. The molecule has 2 aromatic carbocycles. The summed E-state index contributed by atoms with van der Waals surface area (Å²) in [6.07, 6.45) is 1.67. The lowest BCUT2D eigenvalue weighted by molar-refractivity contribution is 0.122. The Hall–Kier alpha value is -1.75. The maximum atomic E-state index is 9.55. The van der Waals surface area contributed by atoms with Crippen LogP contribution in [0, 0.1) is 0 Å². The van der Waals surface area contributed by atoms with E-state index in [0.717, 1.165) is 37.6 Å². The minimum atomic E-state index is -0.111. The lowest BCUT2D eigenvalue weighted by Crippen LogP contribution is -2.36. The molecule has 1 N–H and O–H groups in total. The van der Waals surface area contributed by atoms with Gasteiger partial charge in [-0.05, 0) is 42.0 Å². The molecule has 1 aliphatic heterocycles. The van der Waals surface area contributed by atoms with Gasteiger partial charge in [0.1, 0.15) is 0 Å². The van der Waals surface area contributed by atoms with Crippen LogP contribution in [0.3, 0.4) is 0 Å². The third kappa shape index (κ3) is 3.96. The van der Waals surface area contributed by atoms with Gasteiger partial charge >= 0.3 is 0 Å². The van der Waals surface area contributed by atoms with E-state index in [1.165, 1.54) is 5.69 Å². The van der Waals surface area contributed by atoms with Gasteiger partial charge in [0.15, 0.2) is 5.75 Å². The fourth-order valence-corrected chi connectivity index (χ4v) is 2.88. The van der Waals surface area contributed by atoms with Crippen LogP contribution >= 0.6 is 23.2 Å². The van der Waals surface area contributed by atoms with Crippen LogP contribution in [0.1, 0.15) is 5.56 Å². The van der Waals surface area contributed by atoms with Gasteiger partial charge in [-0.1, -0.05) is 23.2 Å². The molecule has 0 spiro atoms. The Kier molecular flexibility index (Phi) is 5.06. The normalized spacial score (nSPS) is 15.3. The van der Waals surface area contributed by atoms with Crippen LogP contribution in [0.4, 0.5) is 11.4 Å². The van der Waals surface area contributed by atoms with Crippen LogP contribution in [0.15, 0.2) is 41.4 Å². The van der Waals surface area contributed by atoms with E-state index in [2.05, 4.69) is 22.0 Å². The van der Waals surface area contributed by atoms with Gasteiger partial charge in [0, 0.05) is 25.0 Å². The van der Waals surface area contributed by atoms with Gasteiger partial charge in [-0.25, -0.2) is 0 Å². The number of halogens is 2. The Balaban J connectivity index is 1.72. The maximum absolute atomic E-state index is 9.55. The molecule has 0 aromatic heterocycles. The van der Waals surface area contributed by atoms with Crippen molar-refractivity contribution in [2.24, 2.45) is 4.99 Å². The van der Waals surface area contributed by atoms with E-state index in [9.17, 15) is 5.11 Å². The number of morpholine rings is 1. The number of ether oxygens (including phenoxy) is 1. The third-order valence-electron chi connectivity index (χ3n) is 3.63. The van der Waals surface area contributed by atoms with E-state index in [1.54, 1.807) is 18.3 Å². The molecule has 0 radical (unpaired) electrons. The van der Waals surface area contributed by atoms with Crippen molar-refractivity contribution in [2.75, 3.05) is 31.2 Å². The van der Waals surface area contributed by atoms with Crippen LogP contribution in [0.2, 0.25) is 10.0 Å². The summed E-state index contributed by atoms with van der Waals surface area (Å²) in [5, 5.41) is 9.97. The molecular weight excluding hydrogens is 335 g/mol. The van der Waals surface area contributed by atoms with E-state index >= 15 is 0 Å². The van der Waals surface area contributed by atoms with Crippen molar-refractivity contribution in [3.63, 3.8) is 0 Å². The first-order valence-electron chi connectivity index (χ1n) is 7.28. The molecule has 0 bridgehead atoms. The minimum absolute atomic E-state index is 0.111. The fraction of sp³-hybridized carbons (Fsp3) is 0.235. The second-order valence-electron chi connectivity index (χ2n) is 5.21. The Morgan fingerprint density at radius 2 is 1.65 bits per heavy atom. The Morgan fingerprint density at radius 3 is 2.26 bits per heavy atom. The van der Waals surface area contributed by atoms with Gasteiger partial charge < -0.3 is 14.7 Å². The quantitative estimate of drug-likeness (QED) is 0.840. The predicted octanol–water partition coefficient (Wildman–Crippen LogP) is 4.29. The maximum Gasteiger partial charge on any atom is 0.152 e. The van der Waals surface area contributed by atoms with Crippen molar-refractivity contribution in [3.05, 3.63) is 52.0 Å². The van der Waals surface area contributed by atoms with E-state index < -0.39 is 0 Å². The van der Waals surface area contributed by atoms with E-state index in [1.807, 2.05) is 12.1 Å². The average Bonchev–Trinajstić information content (AvgIpc) is 2.59. The highest BCUT2D eigenvalue weighted by molar-refractivity contribution is 6.37. The molecule has 2 aromatic rings. The van der Waals surface area contributed by atoms with Crippen molar-refractivity contribution in [3.8, 4) is 5.75 Å². The van der Waals surface area contributed by atoms with Crippen LogP contribution < -0.4 is 4.90 Å². The summed E-state index contributed by atoms with van der Waals surface area (Å²) in [6.45, 7) is 3.35. The van der Waals surface area contributed by atoms with Crippen LogP contribution in [0.25, 0.3) is 0 Å². The number of rotatable bonds is 3. The van der Waals surface area contributed by atoms with Gasteiger partial charge in [-0.15, -0.1) is 0 Å². The molecule has 0 amide bonds. The van der Waals surface area contributed by atoms with Crippen molar-refractivity contribution in [2.45, 2.75) is 0 Å². The number of nitrogens with zero attached hydrogens (tertiary/aromatic N) is 2. The van der Waals surface area contributed by atoms with Crippen molar-refractivity contribution in [1.82, 2.24) is 0 Å². The first-order chi connectivity index (χ1) is 11.1. The average molecular weight is 351 g/mol. The number of aromatic hydroxyl groups is 1. The highest BCUT2D eigenvalue weighted by Gasteiger charge is 2.10. The molecule has 0 atom stereocenters. The number of phenols is 1. The molecule has 4 nitrogen and oxygen atoms in total. The largest absolute Gasteiger partial charge is 0.505 e. The van der Waals surface area contributed by atoms with Gasteiger partial charge in [-0.2, -0.15) is 0 Å². The minimum Gasteiger partial charge on any atom is -0.505 e. The van der Waals surface area contributed by atoms with Gasteiger partial charge in [0.25, 0.3) is 0 Å². The highest BCUT2D eigenvalue weighted by Crippen LogP contribution is 2.32. The molecule has 3 rings (SSSR count). The summed E-state index contributed by atoms with van der Waals surface area (Å²) < 4.78 is 5.36.